The first-order valence-electron chi connectivity index (χ1n) is 10.8. The summed E-state index contributed by atoms with van der Waals surface area (Å²) >= 11 is 0. The van der Waals surface area contributed by atoms with Gasteiger partial charge in [-0.05, 0) is 58.6 Å². The van der Waals surface area contributed by atoms with Crippen LogP contribution in [0.5, 0.6) is 0 Å². The second kappa shape index (κ2) is 14.3. The molecule has 0 amide bonds. The van der Waals surface area contributed by atoms with Gasteiger partial charge in [0.05, 0.1) is 17.5 Å². The molecular formula is C22H41IN4O3S. The van der Waals surface area contributed by atoms with E-state index in [2.05, 4.69) is 34.2 Å². The van der Waals surface area contributed by atoms with Gasteiger partial charge in [0.1, 0.15) is 0 Å². The zero-order chi connectivity index (χ0) is 22.8. The molecule has 0 spiro atoms. The summed E-state index contributed by atoms with van der Waals surface area (Å²) in [5, 5.41) is 6.54. The van der Waals surface area contributed by atoms with Crippen LogP contribution in [0, 0.1) is 5.92 Å². The van der Waals surface area contributed by atoms with Gasteiger partial charge in [0.2, 0.25) is 10.0 Å². The van der Waals surface area contributed by atoms with Gasteiger partial charge in [0, 0.05) is 25.2 Å². The molecule has 0 fully saturated rings. The number of nitrogens with zero attached hydrogens (tertiary/aromatic N) is 1. The maximum atomic E-state index is 12.8. The number of hydrogen-bond acceptors (Lipinski definition) is 4. The van der Waals surface area contributed by atoms with Crippen LogP contribution >= 0.6 is 24.0 Å². The Labute approximate surface area is 206 Å². The molecule has 3 N–H and O–H groups in total. The molecule has 0 aliphatic heterocycles. The van der Waals surface area contributed by atoms with Crippen molar-refractivity contribution in [1.82, 2.24) is 15.4 Å². The van der Waals surface area contributed by atoms with Crippen molar-refractivity contribution in [2.45, 2.75) is 78.0 Å². The maximum Gasteiger partial charge on any atom is 0.241 e. The molecule has 1 aromatic carbocycles. The van der Waals surface area contributed by atoms with Gasteiger partial charge in [-0.15, -0.1) is 24.0 Å². The summed E-state index contributed by atoms with van der Waals surface area (Å²) in [6.07, 6.45) is 1.07. The highest BCUT2D eigenvalue weighted by Gasteiger charge is 2.24. The van der Waals surface area contributed by atoms with E-state index >= 15 is 0 Å². The van der Waals surface area contributed by atoms with Gasteiger partial charge in [-0.3, -0.25) is 0 Å². The average Bonchev–Trinajstić information content (AvgIpc) is 2.63. The Hall–Kier alpha value is -0.910. The van der Waals surface area contributed by atoms with Gasteiger partial charge in [-0.1, -0.05) is 32.0 Å². The number of aliphatic imine (C=N–C) groups is 1. The summed E-state index contributed by atoms with van der Waals surface area (Å²) in [7, 11) is -3.63. The van der Waals surface area contributed by atoms with E-state index in [0.717, 1.165) is 19.5 Å². The molecule has 1 aromatic rings. The molecule has 1 rings (SSSR count). The molecule has 0 aromatic heterocycles. The highest BCUT2D eigenvalue weighted by atomic mass is 127. The van der Waals surface area contributed by atoms with Crippen molar-refractivity contribution in [3.05, 3.63) is 29.8 Å². The Morgan fingerprint density at radius 3 is 2.32 bits per heavy atom. The number of benzene rings is 1. The lowest BCUT2D eigenvalue weighted by atomic mass is 10.0. The number of sulfonamides is 1. The standard InChI is InChI=1S/C22H40N4O3S.HI/c1-8-23-21(24-15-14-19(17(3)4)29-9-2)25-16-18-12-10-11-13-20(18)30(27,28)26-22(5,6)7;/h10-13,17,19,26H,8-9,14-16H2,1-7H3,(H2,23,24,25);1H. The fourth-order valence-corrected chi connectivity index (χ4v) is 4.67. The second-order valence-electron chi connectivity index (χ2n) is 8.61. The molecular weight excluding hydrogens is 527 g/mol. The first-order valence-corrected chi connectivity index (χ1v) is 12.2. The van der Waals surface area contributed by atoms with Crippen molar-refractivity contribution in [2.24, 2.45) is 10.9 Å². The third kappa shape index (κ3) is 11.5. The fraction of sp³-hybridized carbons (Fsp3) is 0.682. The average molecular weight is 569 g/mol. The molecule has 31 heavy (non-hydrogen) atoms. The molecule has 0 heterocycles. The highest BCUT2D eigenvalue weighted by Crippen LogP contribution is 2.18. The van der Waals surface area contributed by atoms with Crippen LogP contribution in [-0.2, 0) is 21.3 Å². The molecule has 180 valence electrons. The number of rotatable bonds is 11. The predicted octanol–water partition coefficient (Wildman–Crippen LogP) is 3.89. The van der Waals surface area contributed by atoms with Gasteiger partial charge >= 0.3 is 0 Å². The molecule has 0 radical (unpaired) electrons. The molecule has 7 nitrogen and oxygen atoms in total. The van der Waals surface area contributed by atoms with Gasteiger partial charge in [-0.25, -0.2) is 18.1 Å². The molecule has 0 aliphatic rings. The Balaban J connectivity index is 0.00000900. The maximum absolute atomic E-state index is 12.8. The van der Waals surface area contributed by atoms with Crippen molar-refractivity contribution < 1.29 is 13.2 Å². The van der Waals surface area contributed by atoms with Gasteiger partial charge < -0.3 is 15.4 Å². The molecule has 1 atom stereocenters. The molecule has 1 unspecified atom stereocenters. The summed E-state index contributed by atoms with van der Waals surface area (Å²) in [5.74, 6) is 1.10. The number of hydrogen-bond donors (Lipinski definition) is 3. The van der Waals surface area contributed by atoms with Crippen LogP contribution in [0.1, 0.15) is 60.5 Å². The van der Waals surface area contributed by atoms with Crippen LogP contribution in [0.25, 0.3) is 0 Å². The Kier molecular flexibility index (Phi) is 13.9. The highest BCUT2D eigenvalue weighted by molar-refractivity contribution is 14.0. The topological polar surface area (TPSA) is 91.8 Å². The summed E-state index contributed by atoms with van der Waals surface area (Å²) in [4.78, 5) is 4.86. The molecule has 0 aliphatic carbocycles. The summed E-state index contributed by atoms with van der Waals surface area (Å²) in [5.41, 5.74) is 0.0972. The third-order valence-electron chi connectivity index (χ3n) is 4.30. The lowest BCUT2D eigenvalue weighted by Gasteiger charge is -2.22. The van der Waals surface area contributed by atoms with E-state index in [1.165, 1.54) is 0 Å². The minimum absolute atomic E-state index is 0. The zero-order valence-electron chi connectivity index (χ0n) is 20.0. The lowest BCUT2D eigenvalue weighted by molar-refractivity contribution is 0.0258. The largest absolute Gasteiger partial charge is 0.378 e. The minimum Gasteiger partial charge on any atom is -0.378 e. The van der Waals surface area contributed by atoms with Crippen LogP contribution < -0.4 is 15.4 Å². The summed E-state index contributed by atoms with van der Waals surface area (Å²) < 4.78 is 34.1. The molecule has 0 bridgehead atoms. The SMILES string of the molecule is CCNC(=NCc1ccccc1S(=O)(=O)NC(C)(C)C)NCCC(OCC)C(C)C.I. The Morgan fingerprint density at radius 2 is 1.77 bits per heavy atom. The quantitative estimate of drug-likeness (QED) is 0.214. The second-order valence-corrected chi connectivity index (χ2v) is 10.3. The van der Waals surface area contributed by atoms with Crippen molar-refractivity contribution >= 4 is 40.0 Å². The van der Waals surface area contributed by atoms with Crippen molar-refractivity contribution in [2.75, 3.05) is 19.7 Å². The summed E-state index contributed by atoms with van der Waals surface area (Å²) in [6, 6.07) is 6.98. The first-order chi connectivity index (χ1) is 14.0. The van der Waals surface area contributed by atoms with Crippen LogP contribution in [0.2, 0.25) is 0 Å². The minimum atomic E-state index is -3.63. The van der Waals surface area contributed by atoms with E-state index in [4.69, 9.17) is 4.74 Å². The van der Waals surface area contributed by atoms with E-state index in [1.807, 2.05) is 40.7 Å². The van der Waals surface area contributed by atoms with Gasteiger partial charge in [0.25, 0.3) is 0 Å². The number of halogens is 1. The normalized spacial score (nSPS) is 13.6. The van der Waals surface area contributed by atoms with E-state index in [9.17, 15) is 8.42 Å². The number of nitrogens with one attached hydrogen (secondary N) is 3. The van der Waals surface area contributed by atoms with E-state index in [1.54, 1.807) is 18.2 Å². The third-order valence-corrected chi connectivity index (χ3v) is 6.16. The Morgan fingerprint density at radius 1 is 1.13 bits per heavy atom. The van der Waals surface area contributed by atoms with E-state index < -0.39 is 15.6 Å². The predicted molar refractivity (Wildman–Crippen MR) is 140 cm³/mol. The van der Waals surface area contributed by atoms with Crippen molar-refractivity contribution in [3.63, 3.8) is 0 Å². The van der Waals surface area contributed by atoms with Crippen LogP contribution in [0.4, 0.5) is 0 Å². The molecule has 0 saturated heterocycles. The van der Waals surface area contributed by atoms with E-state index in [-0.39, 0.29) is 41.5 Å². The molecule has 9 heteroatoms. The number of guanidine groups is 1. The van der Waals surface area contributed by atoms with Crippen LogP contribution in [0.3, 0.4) is 0 Å². The number of ether oxygens (including phenoxy) is 1. The van der Waals surface area contributed by atoms with Crippen molar-refractivity contribution in [1.29, 1.82) is 0 Å². The summed E-state index contributed by atoms with van der Waals surface area (Å²) in [6.45, 7) is 16.2. The van der Waals surface area contributed by atoms with Gasteiger partial charge in [0.15, 0.2) is 5.96 Å². The monoisotopic (exact) mass is 568 g/mol. The molecule has 0 saturated carbocycles. The smallest absolute Gasteiger partial charge is 0.241 e. The fourth-order valence-electron chi connectivity index (χ4n) is 3.02. The van der Waals surface area contributed by atoms with Crippen LogP contribution in [0.15, 0.2) is 34.2 Å². The van der Waals surface area contributed by atoms with E-state index in [0.29, 0.717) is 24.0 Å². The van der Waals surface area contributed by atoms with Gasteiger partial charge in [-0.2, -0.15) is 0 Å². The first kappa shape index (κ1) is 30.1. The Bertz CT molecular complexity index is 777. The van der Waals surface area contributed by atoms with Crippen molar-refractivity contribution in [3.8, 4) is 0 Å². The van der Waals surface area contributed by atoms with Crippen LogP contribution in [-0.4, -0.2) is 45.7 Å². The zero-order valence-corrected chi connectivity index (χ0v) is 23.1. The lowest BCUT2D eigenvalue weighted by Crippen LogP contribution is -2.41.